The van der Waals surface area contributed by atoms with Gasteiger partial charge in [-0.3, -0.25) is 0 Å². The van der Waals surface area contributed by atoms with Gasteiger partial charge in [-0.2, -0.15) is 18.4 Å². The van der Waals surface area contributed by atoms with Crippen molar-refractivity contribution in [1.29, 1.82) is 5.26 Å². The van der Waals surface area contributed by atoms with Crippen LogP contribution in [0.3, 0.4) is 0 Å². The smallest absolute Gasteiger partial charge is 0.398 e. The Labute approximate surface area is 92.7 Å². The van der Waals surface area contributed by atoms with Crippen molar-refractivity contribution in [2.45, 2.75) is 19.0 Å². The van der Waals surface area contributed by atoms with E-state index in [9.17, 15) is 22.0 Å². The van der Waals surface area contributed by atoms with Gasteiger partial charge in [-0.1, -0.05) is 0 Å². The number of hydrogen-bond acceptors (Lipinski definition) is 3. The summed E-state index contributed by atoms with van der Waals surface area (Å²) in [6, 6.07) is 1.80. The number of alkyl halides is 5. The molecule has 1 heterocycles. The Bertz CT molecular complexity index is 461. The summed E-state index contributed by atoms with van der Waals surface area (Å²) in [4.78, 5) is 3.01. The average molecular weight is 251 g/mol. The van der Waals surface area contributed by atoms with E-state index in [1.165, 1.54) is 6.07 Å². The molecular formula is C9H6F5N3. The predicted octanol–water partition coefficient (Wildman–Crippen LogP) is 2.69. The standard InChI is InChI=1S/C9H6F5N3/c10-8(11)7-4(16)3-6(9(12,13)14)17-5(7)1-2-15/h3,8H,1H2,(H2,16,17). The van der Waals surface area contributed by atoms with Crippen molar-refractivity contribution in [1.82, 2.24) is 4.98 Å². The molecule has 0 unspecified atom stereocenters. The first-order valence-electron chi connectivity index (χ1n) is 4.29. The van der Waals surface area contributed by atoms with Crippen LogP contribution in [-0.4, -0.2) is 4.98 Å². The molecule has 92 valence electrons. The fourth-order valence-electron chi connectivity index (χ4n) is 1.24. The summed E-state index contributed by atoms with van der Waals surface area (Å²) in [7, 11) is 0. The van der Waals surface area contributed by atoms with Gasteiger partial charge in [0.25, 0.3) is 6.43 Å². The summed E-state index contributed by atoms with van der Waals surface area (Å²) in [5.41, 5.74) is 1.56. The SMILES string of the molecule is N#CCc1nc(C(F)(F)F)cc(N)c1C(F)F. The van der Waals surface area contributed by atoms with Crippen LogP contribution in [0.25, 0.3) is 0 Å². The molecule has 0 aliphatic rings. The van der Waals surface area contributed by atoms with E-state index in [0.717, 1.165) is 0 Å². The monoisotopic (exact) mass is 251 g/mol. The van der Waals surface area contributed by atoms with Crippen molar-refractivity contribution in [3.05, 3.63) is 23.0 Å². The molecule has 0 saturated carbocycles. The Morgan fingerprint density at radius 1 is 1.41 bits per heavy atom. The number of nitrogens with zero attached hydrogens (tertiary/aromatic N) is 2. The number of nitrogen functional groups attached to an aromatic ring is 1. The fourth-order valence-corrected chi connectivity index (χ4v) is 1.24. The van der Waals surface area contributed by atoms with Crippen molar-refractivity contribution < 1.29 is 22.0 Å². The minimum absolute atomic E-state index is 0.336. The van der Waals surface area contributed by atoms with E-state index in [1.54, 1.807) is 0 Å². The molecule has 17 heavy (non-hydrogen) atoms. The quantitative estimate of drug-likeness (QED) is 0.822. The van der Waals surface area contributed by atoms with Crippen molar-refractivity contribution in [3.8, 4) is 6.07 Å². The number of pyridine rings is 1. The van der Waals surface area contributed by atoms with Crippen molar-refractivity contribution in [2.24, 2.45) is 0 Å². The fraction of sp³-hybridized carbons (Fsp3) is 0.333. The Balaban J connectivity index is 3.42. The van der Waals surface area contributed by atoms with E-state index >= 15 is 0 Å². The van der Waals surface area contributed by atoms with Gasteiger partial charge in [0.2, 0.25) is 0 Å². The maximum Gasteiger partial charge on any atom is 0.433 e. The maximum absolute atomic E-state index is 12.5. The molecule has 1 rings (SSSR count). The second-order valence-corrected chi connectivity index (χ2v) is 3.09. The topological polar surface area (TPSA) is 62.7 Å². The lowest BCUT2D eigenvalue weighted by Gasteiger charge is -2.13. The van der Waals surface area contributed by atoms with Gasteiger partial charge in [0, 0.05) is 5.69 Å². The lowest BCUT2D eigenvalue weighted by Crippen LogP contribution is -2.13. The summed E-state index contributed by atoms with van der Waals surface area (Å²) >= 11 is 0. The number of halogens is 5. The summed E-state index contributed by atoms with van der Waals surface area (Å²) in [5.74, 6) is 0. The third-order valence-electron chi connectivity index (χ3n) is 1.92. The number of aromatic nitrogens is 1. The molecule has 0 saturated heterocycles. The zero-order valence-electron chi connectivity index (χ0n) is 8.22. The highest BCUT2D eigenvalue weighted by Crippen LogP contribution is 2.34. The zero-order valence-corrected chi connectivity index (χ0v) is 8.22. The van der Waals surface area contributed by atoms with Crippen LogP contribution in [0.15, 0.2) is 6.07 Å². The number of nitrogens with two attached hydrogens (primary N) is 1. The van der Waals surface area contributed by atoms with Gasteiger partial charge in [-0.25, -0.2) is 13.8 Å². The van der Waals surface area contributed by atoms with Crippen LogP contribution in [0, 0.1) is 11.3 Å². The van der Waals surface area contributed by atoms with E-state index < -0.39 is 41.7 Å². The summed E-state index contributed by atoms with van der Waals surface area (Å²) in [5, 5.41) is 8.35. The van der Waals surface area contributed by atoms with Gasteiger partial charge in [-0.05, 0) is 6.07 Å². The lowest BCUT2D eigenvalue weighted by atomic mass is 10.1. The van der Waals surface area contributed by atoms with Crippen molar-refractivity contribution in [2.75, 3.05) is 5.73 Å². The number of anilines is 1. The molecular weight excluding hydrogens is 245 g/mol. The van der Waals surface area contributed by atoms with Gasteiger partial charge in [0.05, 0.1) is 23.7 Å². The Kier molecular flexibility index (Phi) is 3.50. The van der Waals surface area contributed by atoms with E-state index in [2.05, 4.69) is 4.98 Å². The van der Waals surface area contributed by atoms with Gasteiger partial charge in [0.1, 0.15) is 5.69 Å². The summed E-state index contributed by atoms with van der Waals surface area (Å²) < 4.78 is 62.1. The molecule has 0 aliphatic carbocycles. The minimum Gasteiger partial charge on any atom is -0.398 e. The third kappa shape index (κ3) is 2.81. The highest BCUT2D eigenvalue weighted by Gasteiger charge is 2.34. The molecule has 0 fully saturated rings. The van der Waals surface area contributed by atoms with Crippen LogP contribution < -0.4 is 5.73 Å². The molecule has 8 heteroatoms. The first-order chi connectivity index (χ1) is 7.77. The number of rotatable bonds is 2. The molecule has 0 aliphatic heterocycles. The van der Waals surface area contributed by atoms with Crippen LogP contribution in [0.5, 0.6) is 0 Å². The number of hydrogen-bond donors (Lipinski definition) is 1. The van der Waals surface area contributed by atoms with Crippen LogP contribution in [0.4, 0.5) is 27.6 Å². The second kappa shape index (κ2) is 4.53. The van der Waals surface area contributed by atoms with E-state index in [4.69, 9.17) is 11.0 Å². The van der Waals surface area contributed by atoms with Gasteiger partial charge >= 0.3 is 6.18 Å². The highest BCUT2D eigenvalue weighted by molar-refractivity contribution is 5.51. The second-order valence-electron chi connectivity index (χ2n) is 3.09. The molecule has 0 aromatic carbocycles. The van der Waals surface area contributed by atoms with E-state index in [1.807, 2.05) is 0 Å². The third-order valence-corrected chi connectivity index (χ3v) is 1.92. The Hall–Kier alpha value is -1.91. The Morgan fingerprint density at radius 3 is 2.41 bits per heavy atom. The lowest BCUT2D eigenvalue weighted by molar-refractivity contribution is -0.141. The first kappa shape index (κ1) is 13.2. The zero-order chi connectivity index (χ0) is 13.2. The van der Waals surface area contributed by atoms with Crippen LogP contribution >= 0.6 is 0 Å². The largest absolute Gasteiger partial charge is 0.433 e. The minimum atomic E-state index is -4.79. The van der Waals surface area contributed by atoms with Gasteiger partial charge in [-0.15, -0.1) is 0 Å². The molecule has 0 atom stereocenters. The molecule has 0 spiro atoms. The molecule has 0 bridgehead atoms. The predicted molar refractivity (Wildman–Crippen MR) is 47.9 cm³/mol. The normalized spacial score (nSPS) is 11.6. The van der Waals surface area contributed by atoms with Crippen LogP contribution in [0.2, 0.25) is 0 Å². The molecule has 3 nitrogen and oxygen atoms in total. The molecule has 0 radical (unpaired) electrons. The highest BCUT2D eigenvalue weighted by atomic mass is 19.4. The Morgan fingerprint density at radius 2 is 2.00 bits per heavy atom. The van der Waals surface area contributed by atoms with Gasteiger partial charge < -0.3 is 5.73 Å². The molecule has 1 aromatic rings. The maximum atomic E-state index is 12.5. The van der Waals surface area contributed by atoms with Crippen molar-refractivity contribution >= 4 is 5.69 Å². The average Bonchev–Trinajstić information content (AvgIpc) is 2.15. The summed E-state index contributed by atoms with van der Waals surface area (Å²) in [6.07, 6.45) is -8.53. The van der Waals surface area contributed by atoms with E-state index in [0.29, 0.717) is 6.07 Å². The molecule has 0 amide bonds. The summed E-state index contributed by atoms with van der Waals surface area (Å²) in [6.45, 7) is 0. The van der Waals surface area contributed by atoms with E-state index in [-0.39, 0.29) is 0 Å². The van der Waals surface area contributed by atoms with Crippen molar-refractivity contribution in [3.63, 3.8) is 0 Å². The molecule has 1 aromatic heterocycles. The van der Waals surface area contributed by atoms with Gasteiger partial charge in [0.15, 0.2) is 0 Å². The van der Waals surface area contributed by atoms with Crippen LogP contribution in [-0.2, 0) is 12.6 Å². The molecule has 2 N–H and O–H groups in total. The number of nitriles is 1. The first-order valence-corrected chi connectivity index (χ1v) is 4.29. The van der Waals surface area contributed by atoms with Crippen LogP contribution in [0.1, 0.15) is 23.4 Å².